The van der Waals surface area contributed by atoms with Crippen molar-refractivity contribution in [3.63, 3.8) is 0 Å². The third-order valence-electron chi connectivity index (χ3n) is 4.37. The van der Waals surface area contributed by atoms with Crippen molar-refractivity contribution in [2.45, 2.75) is 57.5 Å². The zero-order chi connectivity index (χ0) is 12.5. The molecule has 0 aromatic heterocycles. The van der Waals surface area contributed by atoms with Crippen LogP contribution in [0.25, 0.3) is 0 Å². The first kappa shape index (κ1) is 11.9. The average Bonchev–Trinajstić information content (AvgIpc) is 2.33. The molecule has 2 N–H and O–H groups in total. The maximum Gasteiger partial charge on any atom is 0.0503 e. The summed E-state index contributed by atoms with van der Waals surface area (Å²) in [6.07, 6.45) is 7.41. The van der Waals surface area contributed by atoms with E-state index in [1.54, 1.807) is 0 Å². The highest BCUT2D eigenvalue weighted by molar-refractivity contribution is 5.99. The lowest BCUT2D eigenvalue weighted by atomic mass is 9.86. The van der Waals surface area contributed by atoms with E-state index in [4.69, 9.17) is 10.7 Å². The van der Waals surface area contributed by atoms with E-state index in [1.807, 2.05) is 0 Å². The second-order valence-corrected chi connectivity index (χ2v) is 5.71. The Hall–Kier alpha value is -1.15. The van der Waals surface area contributed by atoms with E-state index >= 15 is 0 Å². The Kier molecular flexibility index (Phi) is 3.21. The second-order valence-electron chi connectivity index (χ2n) is 5.71. The second kappa shape index (κ2) is 4.85. The number of nitrogens with zero attached hydrogens (tertiary/aromatic N) is 1. The summed E-state index contributed by atoms with van der Waals surface area (Å²) in [5, 5.41) is 0. The molecule has 3 rings (SSSR count). The van der Waals surface area contributed by atoms with Gasteiger partial charge in [0.15, 0.2) is 0 Å². The minimum atomic E-state index is 0.242. The van der Waals surface area contributed by atoms with Gasteiger partial charge in [0.1, 0.15) is 0 Å². The molecule has 2 aliphatic rings. The maximum absolute atomic E-state index is 6.15. The van der Waals surface area contributed by atoms with Gasteiger partial charge in [0, 0.05) is 11.8 Å². The van der Waals surface area contributed by atoms with Gasteiger partial charge < -0.3 is 5.73 Å². The van der Waals surface area contributed by atoms with Crippen LogP contribution in [0.4, 0.5) is 0 Å². The summed E-state index contributed by atoms with van der Waals surface area (Å²) in [5.74, 6) is 0. The molecule has 1 fully saturated rings. The highest BCUT2D eigenvalue weighted by Crippen LogP contribution is 2.29. The average molecular weight is 242 g/mol. The largest absolute Gasteiger partial charge is 0.324 e. The minimum absolute atomic E-state index is 0.242. The zero-order valence-electron chi connectivity index (χ0n) is 11.2. The van der Waals surface area contributed by atoms with Crippen molar-refractivity contribution >= 4 is 5.71 Å². The molecule has 1 aromatic carbocycles. The predicted molar refractivity (Wildman–Crippen MR) is 76.2 cm³/mol. The van der Waals surface area contributed by atoms with Crippen molar-refractivity contribution in [1.29, 1.82) is 0 Å². The predicted octanol–water partition coefficient (Wildman–Crippen LogP) is 3.38. The minimum Gasteiger partial charge on any atom is -0.324 e. The van der Waals surface area contributed by atoms with Crippen LogP contribution in [0.1, 0.15) is 61.8 Å². The van der Waals surface area contributed by atoms with Gasteiger partial charge in [0.25, 0.3) is 0 Å². The van der Waals surface area contributed by atoms with Crippen LogP contribution in [0.3, 0.4) is 0 Å². The fourth-order valence-corrected chi connectivity index (χ4v) is 2.94. The monoisotopic (exact) mass is 242 g/mol. The Morgan fingerprint density at radius 3 is 2.78 bits per heavy atom. The molecular formula is C16H22N2. The molecule has 1 unspecified atom stereocenters. The summed E-state index contributed by atoms with van der Waals surface area (Å²) < 4.78 is 0. The molecule has 0 aliphatic heterocycles. The molecule has 0 bridgehead atoms. The van der Waals surface area contributed by atoms with Crippen molar-refractivity contribution < 1.29 is 0 Å². The van der Waals surface area contributed by atoms with Gasteiger partial charge in [-0.3, -0.25) is 4.99 Å². The van der Waals surface area contributed by atoms with Crippen LogP contribution >= 0.6 is 0 Å². The van der Waals surface area contributed by atoms with Crippen LogP contribution in [0, 0.1) is 0 Å². The quantitative estimate of drug-likeness (QED) is 0.793. The Balaban J connectivity index is 1.87. The molecule has 1 saturated carbocycles. The third-order valence-corrected chi connectivity index (χ3v) is 4.37. The lowest BCUT2D eigenvalue weighted by Gasteiger charge is -2.24. The number of fused-ring (bicyclic) bond motifs is 1. The summed E-state index contributed by atoms with van der Waals surface area (Å²) in [4.78, 5) is 4.81. The smallest absolute Gasteiger partial charge is 0.0503 e. The van der Waals surface area contributed by atoms with Gasteiger partial charge in [0.2, 0.25) is 0 Å². The van der Waals surface area contributed by atoms with Crippen LogP contribution < -0.4 is 5.73 Å². The van der Waals surface area contributed by atoms with Gasteiger partial charge >= 0.3 is 0 Å². The molecular weight excluding hydrogens is 220 g/mol. The van der Waals surface area contributed by atoms with E-state index in [2.05, 4.69) is 25.1 Å². The number of nitrogens with two attached hydrogens (primary N) is 1. The van der Waals surface area contributed by atoms with Crippen LogP contribution in [0.2, 0.25) is 0 Å². The third kappa shape index (κ3) is 2.22. The molecule has 0 amide bonds. The van der Waals surface area contributed by atoms with Gasteiger partial charge in [-0.15, -0.1) is 0 Å². The van der Waals surface area contributed by atoms with E-state index in [0.29, 0.717) is 6.04 Å². The van der Waals surface area contributed by atoms with Gasteiger partial charge in [-0.25, -0.2) is 0 Å². The zero-order valence-corrected chi connectivity index (χ0v) is 11.2. The Labute approximate surface area is 109 Å². The summed E-state index contributed by atoms with van der Waals surface area (Å²) in [5.41, 5.74) is 11.4. The number of aliphatic imine (C=N–C) groups is 1. The summed E-state index contributed by atoms with van der Waals surface area (Å²) in [6.45, 7) is 2.14. The lowest BCUT2D eigenvalue weighted by Crippen LogP contribution is -2.19. The lowest BCUT2D eigenvalue weighted by molar-refractivity contribution is 0.420. The Morgan fingerprint density at radius 1 is 1.22 bits per heavy atom. The fraction of sp³-hybridized carbons (Fsp3) is 0.562. The topological polar surface area (TPSA) is 38.4 Å². The van der Waals surface area contributed by atoms with Crippen LogP contribution in [-0.2, 0) is 6.42 Å². The van der Waals surface area contributed by atoms with Crippen molar-refractivity contribution in [1.82, 2.24) is 0 Å². The standard InChI is InChI=1S/C16H22N2/c1-11(18-14-5-3-6-14)12-8-9-15-13(10-12)4-2-7-16(15)17/h8-10,14,16H,2-7,17H2,1H3. The Morgan fingerprint density at radius 2 is 2.06 bits per heavy atom. The molecule has 0 radical (unpaired) electrons. The number of aryl methyl sites for hydroxylation is 1. The van der Waals surface area contributed by atoms with Crippen LogP contribution in [0.15, 0.2) is 23.2 Å². The van der Waals surface area contributed by atoms with Crippen molar-refractivity contribution in [3.8, 4) is 0 Å². The fourth-order valence-electron chi connectivity index (χ4n) is 2.94. The number of hydrogen-bond donors (Lipinski definition) is 1. The SMILES string of the molecule is CC(=NC1CCC1)c1ccc2c(c1)CCCC2N. The first-order valence-corrected chi connectivity index (χ1v) is 7.17. The molecule has 2 aliphatic carbocycles. The molecule has 0 spiro atoms. The van der Waals surface area contributed by atoms with Gasteiger partial charge in [-0.05, 0) is 68.2 Å². The first-order chi connectivity index (χ1) is 8.74. The normalized spacial score (nSPS) is 24.6. The first-order valence-electron chi connectivity index (χ1n) is 7.17. The van der Waals surface area contributed by atoms with Crippen molar-refractivity contribution in [2.75, 3.05) is 0 Å². The van der Waals surface area contributed by atoms with Crippen LogP contribution in [-0.4, -0.2) is 11.8 Å². The van der Waals surface area contributed by atoms with Crippen molar-refractivity contribution in [2.24, 2.45) is 10.7 Å². The van der Waals surface area contributed by atoms with E-state index < -0.39 is 0 Å². The summed E-state index contributed by atoms with van der Waals surface area (Å²) >= 11 is 0. The summed E-state index contributed by atoms with van der Waals surface area (Å²) in [6, 6.07) is 7.55. The molecule has 1 aromatic rings. The van der Waals surface area contributed by atoms with Gasteiger partial charge in [-0.2, -0.15) is 0 Å². The van der Waals surface area contributed by atoms with Crippen molar-refractivity contribution in [3.05, 3.63) is 34.9 Å². The molecule has 2 heteroatoms. The highest BCUT2D eigenvalue weighted by atomic mass is 14.8. The van der Waals surface area contributed by atoms with E-state index in [-0.39, 0.29) is 6.04 Å². The molecule has 0 heterocycles. The Bertz CT molecular complexity index is 472. The number of rotatable bonds is 2. The van der Waals surface area contributed by atoms with Gasteiger partial charge in [-0.1, -0.05) is 12.1 Å². The molecule has 96 valence electrons. The number of benzene rings is 1. The van der Waals surface area contributed by atoms with E-state index in [9.17, 15) is 0 Å². The number of hydrogen-bond acceptors (Lipinski definition) is 2. The maximum atomic E-state index is 6.15. The van der Waals surface area contributed by atoms with Gasteiger partial charge in [0.05, 0.1) is 6.04 Å². The molecule has 2 nitrogen and oxygen atoms in total. The van der Waals surface area contributed by atoms with E-state index in [0.717, 1.165) is 6.42 Å². The van der Waals surface area contributed by atoms with E-state index in [1.165, 1.54) is 54.5 Å². The molecule has 1 atom stereocenters. The molecule has 0 saturated heterocycles. The highest BCUT2D eigenvalue weighted by Gasteiger charge is 2.19. The molecule has 18 heavy (non-hydrogen) atoms. The van der Waals surface area contributed by atoms with Crippen LogP contribution in [0.5, 0.6) is 0 Å². The summed E-state index contributed by atoms with van der Waals surface area (Å²) in [7, 11) is 0.